The molecule has 0 saturated carbocycles. The molecule has 0 aliphatic carbocycles. The SMILES string of the molecule is CCc1cccc(CC)c1NC(=O)COC1CCNCC1. The minimum atomic E-state index is -0.0517. The van der Waals surface area contributed by atoms with E-state index in [2.05, 4.69) is 42.7 Å². The maximum atomic E-state index is 12.1. The fraction of sp³-hybridized carbons (Fsp3) is 0.588. The highest BCUT2D eigenvalue weighted by atomic mass is 16.5. The third kappa shape index (κ3) is 4.55. The Kier molecular flexibility index (Phi) is 6.21. The Hall–Kier alpha value is -1.39. The normalized spacial score (nSPS) is 15.9. The smallest absolute Gasteiger partial charge is 0.250 e. The average Bonchev–Trinajstić information content (AvgIpc) is 2.54. The monoisotopic (exact) mass is 290 g/mol. The van der Waals surface area contributed by atoms with E-state index in [1.807, 2.05) is 0 Å². The van der Waals surface area contributed by atoms with Crippen molar-refractivity contribution in [2.75, 3.05) is 25.0 Å². The van der Waals surface area contributed by atoms with Crippen LogP contribution in [0, 0.1) is 0 Å². The molecule has 1 fully saturated rings. The molecule has 1 amide bonds. The summed E-state index contributed by atoms with van der Waals surface area (Å²) in [6.07, 6.45) is 4.01. The van der Waals surface area contributed by atoms with Gasteiger partial charge in [-0.25, -0.2) is 0 Å². The molecule has 0 atom stereocenters. The summed E-state index contributed by atoms with van der Waals surface area (Å²) in [5.74, 6) is -0.0517. The minimum absolute atomic E-state index is 0.0517. The van der Waals surface area contributed by atoms with Crippen LogP contribution in [0.4, 0.5) is 5.69 Å². The van der Waals surface area contributed by atoms with Crippen LogP contribution in [-0.2, 0) is 22.4 Å². The van der Waals surface area contributed by atoms with Gasteiger partial charge in [0.15, 0.2) is 0 Å². The van der Waals surface area contributed by atoms with Crippen LogP contribution in [-0.4, -0.2) is 31.7 Å². The van der Waals surface area contributed by atoms with Crippen molar-refractivity contribution in [2.45, 2.75) is 45.6 Å². The summed E-state index contributed by atoms with van der Waals surface area (Å²) >= 11 is 0. The van der Waals surface area contributed by atoms with Crippen molar-refractivity contribution < 1.29 is 9.53 Å². The lowest BCUT2D eigenvalue weighted by atomic mass is 10.0. The number of benzene rings is 1. The van der Waals surface area contributed by atoms with E-state index in [4.69, 9.17) is 4.74 Å². The summed E-state index contributed by atoms with van der Waals surface area (Å²) in [7, 11) is 0. The van der Waals surface area contributed by atoms with Gasteiger partial charge in [-0.2, -0.15) is 0 Å². The van der Waals surface area contributed by atoms with Crippen molar-refractivity contribution in [1.29, 1.82) is 0 Å². The van der Waals surface area contributed by atoms with Crippen molar-refractivity contribution >= 4 is 11.6 Å². The molecule has 1 aromatic carbocycles. The summed E-state index contributed by atoms with van der Waals surface area (Å²) in [4.78, 5) is 12.1. The Morgan fingerprint density at radius 3 is 2.43 bits per heavy atom. The lowest BCUT2D eigenvalue weighted by molar-refractivity contribution is -0.123. The molecule has 2 rings (SSSR count). The minimum Gasteiger partial charge on any atom is -0.368 e. The van der Waals surface area contributed by atoms with Crippen molar-refractivity contribution in [3.8, 4) is 0 Å². The zero-order chi connectivity index (χ0) is 15.1. The van der Waals surface area contributed by atoms with Crippen molar-refractivity contribution in [1.82, 2.24) is 5.32 Å². The summed E-state index contributed by atoms with van der Waals surface area (Å²) in [5.41, 5.74) is 3.34. The molecular formula is C17H26N2O2. The molecule has 116 valence electrons. The third-order valence-corrected chi connectivity index (χ3v) is 4.00. The lowest BCUT2D eigenvalue weighted by Gasteiger charge is -2.23. The zero-order valence-electron chi connectivity index (χ0n) is 13.1. The number of piperidine rings is 1. The highest BCUT2D eigenvalue weighted by Crippen LogP contribution is 2.22. The molecule has 4 heteroatoms. The number of rotatable bonds is 6. The number of hydrogen-bond donors (Lipinski definition) is 2. The fourth-order valence-corrected chi connectivity index (χ4v) is 2.73. The maximum absolute atomic E-state index is 12.1. The Bertz CT molecular complexity index is 446. The highest BCUT2D eigenvalue weighted by Gasteiger charge is 2.16. The van der Waals surface area contributed by atoms with E-state index >= 15 is 0 Å². The molecule has 0 spiro atoms. The number of carbonyl (C=O) groups excluding carboxylic acids is 1. The van der Waals surface area contributed by atoms with Crippen LogP contribution in [0.15, 0.2) is 18.2 Å². The highest BCUT2D eigenvalue weighted by molar-refractivity contribution is 5.93. The van der Waals surface area contributed by atoms with Crippen LogP contribution in [0.1, 0.15) is 37.8 Å². The van der Waals surface area contributed by atoms with Gasteiger partial charge in [0.05, 0.1) is 6.10 Å². The number of amides is 1. The van der Waals surface area contributed by atoms with Gasteiger partial charge in [-0.05, 0) is 49.9 Å². The van der Waals surface area contributed by atoms with E-state index in [1.165, 1.54) is 11.1 Å². The van der Waals surface area contributed by atoms with Crippen molar-refractivity contribution in [2.24, 2.45) is 0 Å². The molecule has 21 heavy (non-hydrogen) atoms. The van der Waals surface area contributed by atoms with Crippen LogP contribution in [0.5, 0.6) is 0 Å². The van der Waals surface area contributed by atoms with E-state index in [0.29, 0.717) is 0 Å². The van der Waals surface area contributed by atoms with Gasteiger partial charge in [0.1, 0.15) is 6.61 Å². The second-order valence-corrected chi connectivity index (χ2v) is 5.47. The predicted octanol–water partition coefficient (Wildman–Crippen LogP) is 2.52. The molecule has 1 saturated heterocycles. The zero-order valence-corrected chi connectivity index (χ0v) is 13.1. The summed E-state index contributed by atoms with van der Waals surface area (Å²) in [6, 6.07) is 6.20. The van der Waals surface area contributed by atoms with Crippen LogP contribution in [0.2, 0.25) is 0 Å². The summed E-state index contributed by atoms with van der Waals surface area (Å²) in [5, 5.41) is 6.33. The van der Waals surface area contributed by atoms with Crippen LogP contribution < -0.4 is 10.6 Å². The van der Waals surface area contributed by atoms with E-state index in [0.717, 1.165) is 44.5 Å². The van der Waals surface area contributed by atoms with E-state index in [9.17, 15) is 4.79 Å². The predicted molar refractivity (Wildman–Crippen MR) is 85.7 cm³/mol. The third-order valence-electron chi connectivity index (χ3n) is 4.00. The fourth-order valence-electron chi connectivity index (χ4n) is 2.73. The first kappa shape index (κ1) is 16.0. The molecule has 1 heterocycles. The molecular weight excluding hydrogens is 264 g/mol. The van der Waals surface area contributed by atoms with Gasteiger partial charge in [-0.15, -0.1) is 0 Å². The molecule has 1 aliphatic rings. The Morgan fingerprint density at radius 2 is 1.86 bits per heavy atom. The Balaban J connectivity index is 1.92. The number of nitrogens with one attached hydrogen (secondary N) is 2. The van der Waals surface area contributed by atoms with Crippen molar-refractivity contribution in [3.63, 3.8) is 0 Å². The Labute approximate surface area is 127 Å². The van der Waals surface area contributed by atoms with Gasteiger partial charge in [0.25, 0.3) is 0 Å². The molecule has 0 unspecified atom stereocenters. The number of carbonyl (C=O) groups is 1. The molecule has 0 bridgehead atoms. The molecule has 0 aromatic heterocycles. The molecule has 4 nitrogen and oxygen atoms in total. The Morgan fingerprint density at radius 1 is 1.24 bits per heavy atom. The van der Waals surface area contributed by atoms with Gasteiger partial charge >= 0.3 is 0 Å². The largest absolute Gasteiger partial charge is 0.368 e. The quantitative estimate of drug-likeness (QED) is 0.846. The molecule has 2 N–H and O–H groups in total. The average molecular weight is 290 g/mol. The van der Waals surface area contributed by atoms with Crippen molar-refractivity contribution in [3.05, 3.63) is 29.3 Å². The maximum Gasteiger partial charge on any atom is 0.250 e. The number of aryl methyl sites for hydroxylation is 2. The molecule has 1 aliphatic heterocycles. The van der Waals surface area contributed by atoms with E-state index < -0.39 is 0 Å². The first-order valence-electron chi connectivity index (χ1n) is 7.97. The number of hydrogen-bond acceptors (Lipinski definition) is 3. The van der Waals surface area contributed by atoms with Crippen LogP contribution >= 0.6 is 0 Å². The van der Waals surface area contributed by atoms with Gasteiger partial charge in [-0.3, -0.25) is 4.79 Å². The summed E-state index contributed by atoms with van der Waals surface area (Å²) < 4.78 is 5.71. The topological polar surface area (TPSA) is 50.4 Å². The second-order valence-electron chi connectivity index (χ2n) is 5.47. The number of anilines is 1. The number of ether oxygens (including phenoxy) is 1. The van der Waals surface area contributed by atoms with Gasteiger partial charge < -0.3 is 15.4 Å². The van der Waals surface area contributed by atoms with E-state index in [1.54, 1.807) is 0 Å². The second kappa shape index (κ2) is 8.15. The first-order valence-corrected chi connectivity index (χ1v) is 7.97. The number of para-hydroxylation sites is 1. The van der Waals surface area contributed by atoms with Crippen LogP contribution in [0.25, 0.3) is 0 Å². The van der Waals surface area contributed by atoms with E-state index in [-0.39, 0.29) is 18.6 Å². The molecule has 1 aromatic rings. The van der Waals surface area contributed by atoms with Gasteiger partial charge in [0, 0.05) is 5.69 Å². The standard InChI is InChI=1S/C17H26N2O2/c1-3-13-6-5-7-14(4-2)17(13)19-16(20)12-21-15-8-10-18-11-9-15/h5-7,15,18H,3-4,8-12H2,1-2H3,(H,19,20). The first-order chi connectivity index (χ1) is 10.2. The van der Waals surface area contributed by atoms with Crippen LogP contribution in [0.3, 0.4) is 0 Å². The molecule has 0 radical (unpaired) electrons. The van der Waals surface area contributed by atoms with Gasteiger partial charge in [0.2, 0.25) is 5.91 Å². The summed E-state index contributed by atoms with van der Waals surface area (Å²) in [6.45, 7) is 6.31. The van der Waals surface area contributed by atoms with Gasteiger partial charge in [-0.1, -0.05) is 32.0 Å². The lowest BCUT2D eigenvalue weighted by Crippen LogP contribution is -2.34.